The average Bonchev–Trinajstić information content (AvgIpc) is 2.70. The number of fused-ring (bicyclic) bond motifs is 4. The van der Waals surface area contributed by atoms with Gasteiger partial charge in [-0.3, -0.25) is 0 Å². The Balaban J connectivity index is 1.77. The van der Waals surface area contributed by atoms with Crippen molar-refractivity contribution in [3.05, 3.63) is 83.9 Å². The minimum absolute atomic E-state index is 1.17. The van der Waals surface area contributed by atoms with E-state index in [4.69, 9.17) is 0 Å². The molecule has 0 aromatic heterocycles. The summed E-state index contributed by atoms with van der Waals surface area (Å²) in [6.45, 7) is 4.55. The first-order valence-corrected chi connectivity index (χ1v) is 10.6. The summed E-state index contributed by atoms with van der Waals surface area (Å²) in [4.78, 5) is 0. The molecule has 0 aliphatic rings. The minimum Gasteiger partial charge on any atom is -0.0651 e. The second-order valence-corrected chi connectivity index (χ2v) is 8.07. The number of rotatable bonds is 4. The highest BCUT2D eigenvalue weighted by molar-refractivity contribution is 6.08. The Hall–Kier alpha value is -2.86. The van der Waals surface area contributed by atoms with Crippen LogP contribution in [0.3, 0.4) is 0 Å². The van der Waals surface area contributed by atoms with Crippen LogP contribution in [0.2, 0.25) is 0 Å². The van der Waals surface area contributed by atoms with Gasteiger partial charge in [0.25, 0.3) is 0 Å². The van der Waals surface area contributed by atoms with Gasteiger partial charge < -0.3 is 0 Å². The summed E-state index contributed by atoms with van der Waals surface area (Å²) in [6.07, 6.45) is 4.75. The molecule has 0 saturated carbocycles. The quantitative estimate of drug-likeness (QED) is 0.283. The number of benzene rings is 5. The molecule has 0 spiro atoms. The van der Waals surface area contributed by atoms with Crippen molar-refractivity contribution in [1.82, 2.24) is 0 Å². The molecule has 0 bridgehead atoms. The molecule has 0 heterocycles. The van der Waals surface area contributed by atoms with Crippen molar-refractivity contribution >= 4 is 43.1 Å². The van der Waals surface area contributed by atoms with Gasteiger partial charge in [-0.05, 0) is 103 Å². The van der Waals surface area contributed by atoms with Gasteiger partial charge in [-0.1, -0.05) is 63.1 Å². The van der Waals surface area contributed by atoms with Gasteiger partial charge in [0, 0.05) is 0 Å². The first-order valence-electron chi connectivity index (χ1n) is 10.6. The van der Waals surface area contributed by atoms with E-state index in [1.165, 1.54) is 79.9 Å². The highest BCUT2D eigenvalue weighted by atomic mass is 14.1. The third-order valence-corrected chi connectivity index (χ3v) is 5.97. The zero-order valence-electron chi connectivity index (χ0n) is 16.8. The number of hydrogen-bond acceptors (Lipinski definition) is 0. The van der Waals surface area contributed by atoms with Crippen molar-refractivity contribution in [2.45, 2.75) is 39.5 Å². The molecule has 0 saturated heterocycles. The molecular formula is C28H26. The lowest BCUT2D eigenvalue weighted by molar-refractivity contribution is 0.864. The van der Waals surface area contributed by atoms with Gasteiger partial charge in [0.1, 0.15) is 0 Å². The molecule has 5 aromatic rings. The molecule has 0 fully saturated rings. The molecule has 0 nitrogen and oxygen atoms in total. The molecule has 5 aromatic carbocycles. The number of aryl methyl sites for hydroxylation is 2. The molecule has 28 heavy (non-hydrogen) atoms. The zero-order valence-corrected chi connectivity index (χ0v) is 16.8. The Morgan fingerprint density at radius 1 is 0.429 bits per heavy atom. The monoisotopic (exact) mass is 362 g/mol. The Morgan fingerprint density at radius 2 is 0.750 bits per heavy atom. The van der Waals surface area contributed by atoms with E-state index in [9.17, 15) is 0 Å². The highest BCUT2D eigenvalue weighted by Crippen LogP contribution is 2.31. The van der Waals surface area contributed by atoms with Crippen LogP contribution in [0, 0.1) is 0 Å². The van der Waals surface area contributed by atoms with Crippen molar-refractivity contribution in [2.24, 2.45) is 0 Å². The molecule has 0 heteroatoms. The van der Waals surface area contributed by atoms with E-state index in [1.807, 2.05) is 0 Å². The zero-order chi connectivity index (χ0) is 19.1. The van der Waals surface area contributed by atoms with Crippen molar-refractivity contribution in [2.75, 3.05) is 0 Å². The van der Waals surface area contributed by atoms with E-state index in [-0.39, 0.29) is 0 Å². The van der Waals surface area contributed by atoms with Crippen LogP contribution < -0.4 is 0 Å². The molecular weight excluding hydrogens is 336 g/mol. The molecule has 138 valence electrons. The van der Waals surface area contributed by atoms with Crippen molar-refractivity contribution in [3.63, 3.8) is 0 Å². The Bertz CT molecular complexity index is 1220. The molecule has 5 rings (SSSR count). The maximum Gasteiger partial charge on any atom is -0.0171 e. The Labute approximate surface area is 166 Å². The van der Waals surface area contributed by atoms with Crippen LogP contribution in [0.15, 0.2) is 72.8 Å². The van der Waals surface area contributed by atoms with E-state index in [1.54, 1.807) is 0 Å². The summed E-state index contributed by atoms with van der Waals surface area (Å²) in [7, 11) is 0. The van der Waals surface area contributed by atoms with E-state index in [0.29, 0.717) is 0 Å². The first kappa shape index (κ1) is 17.3. The van der Waals surface area contributed by atoms with Crippen LogP contribution in [0.4, 0.5) is 0 Å². The van der Waals surface area contributed by atoms with Crippen LogP contribution >= 0.6 is 0 Å². The third kappa shape index (κ3) is 2.94. The highest BCUT2D eigenvalue weighted by Gasteiger charge is 2.07. The standard InChI is InChI=1S/C28H26/c1-3-7-19-11-23-15-27-17-25-13-21-9-5-6-10-22(21)14-26(25)18-28(27)16-24(23)12-20(19)8-4-2/h5-6,9-18H,3-4,7-8H2,1-2H3. The van der Waals surface area contributed by atoms with Crippen LogP contribution in [-0.4, -0.2) is 0 Å². The normalized spacial score (nSPS) is 11.8. The molecule has 0 aliphatic carbocycles. The maximum atomic E-state index is 2.44. The predicted molar refractivity (Wildman–Crippen MR) is 124 cm³/mol. The minimum atomic E-state index is 1.17. The first-order chi connectivity index (χ1) is 13.7. The van der Waals surface area contributed by atoms with Gasteiger partial charge in [0.2, 0.25) is 0 Å². The van der Waals surface area contributed by atoms with E-state index in [0.717, 1.165) is 0 Å². The lowest BCUT2D eigenvalue weighted by atomic mass is 9.92. The van der Waals surface area contributed by atoms with Gasteiger partial charge in [-0.15, -0.1) is 0 Å². The second kappa shape index (κ2) is 6.95. The van der Waals surface area contributed by atoms with Gasteiger partial charge in [-0.2, -0.15) is 0 Å². The van der Waals surface area contributed by atoms with Crippen molar-refractivity contribution in [1.29, 1.82) is 0 Å². The molecule has 0 unspecified atom stereocenters. The van der Waals surface area contributed by atoms with Crippen LogP contribution in [0.5, 0.6) is 0 Å². The van der Waals surface area contributed by atoms with Gasteiger partial charge >= 0.3 is 0 Å². The predicted octanol–water partition coefficient (Wildman–Crippen LogP) is 8.20. The SMILES string of the molecule is CCCc1cc2cc3cc4cc5ccccc5cc4cc3cc2cc1CCC. The second-order valence-electron chi connectivity index (χ2n) is 8.07. The van der Waals surface area contributed by atoms with Gasteiger partial charge in [0.05, 0.1) is 0 Å². The summed E-state index contributed by atoms with van der Waals surface area (Å²) in [5.74, 6) is 0. The third-order valence-electron chi connectivity index (χ3n) is 5.97. The fourth-order valence-electron chi connectivity index (χ4n) is 4.59. The lowest BCUT2D eigenvalue weighted by Gasteiger charge is -2.12. The fraction of sp³-hybridized carbons (Fsp3) is 0.214. The molecule has 0 aliphatic heterocycles. The van der Waals surface area contributed by atoms with Crippen LogP contribution in [0.1, 0.15) is 37.8 Å². The summed E-state index contributed by atoms with van der Waals surface area (Å²) >= 11 is 0. The smallest absolute Gasteiger partial charge is 0.0171 e. The van der Waals surface area contributed by atoms with E-state index in [2.05, 4.69) is 86.6 Å². The molecule has 0 atom stereocenters. The molecule has 0 N–H and O–H groups in total. The van der Waals surface area contributed by atoms with E-state index < -0.39 is 0 Å². The lowest BCUT2D eigenvalue weighted by Crippen LogP contribution is -1.94. The maximum absolute atomic E-state index is 2.44. The Morgan fingerprint density at radius 3 is 1.11 bits per heavy atom. The average molecular weight is 363 g/mol. The topological polar surface area (TPSA) is 0 Å². The molecule has 0 radical (unpaired) electrons. The van der Waals surface area contributed by atoms with Crippen molar-refractivity contribution < 1.29 is 0 Å². The molecule has 0 amide bonds. The summed E-state index contributed by atoms with van der Waals surface area (Å²) in [5, 5.41) is 10.7. The van der Waals surface area contributed by atoms with Crippen LogP contribution in [-0.2, 0) is 12.8 Å². The number of hydrogen-bond donors (Lipinski definition) is 0. The van der Waals surface area contributed by atoms with Gasteiger partial charge in [0.15, 0.2) is 0 Å². The largest absolute Gasteiger partial charge is 0.0651 e. The van der Waals surface area contributed by atoms with Crippen LogP contribution in [0.25, 0.3) is 43.1 Å². The van der Waals surface area contributed by atoms with E-state index >= 15 is 0 Å². The van der Waals surface area contributed by atoms with Gasteiger partial charge in [-0.25, -0.2) is 0 Å². The summed E-state index contributed by atoms with van der Waals surface area (Å²) < 4.78 is 0. The summed E-state index contributed by atoms with van der Waals surface area (Å²) in [6, 6.07) is 27.6. The summed E-state index contributed by atoms with van der Waals surface area (Å²) in [5.41, 5.74) is 3.06. The Kier molecular flexibility index (Phi) is 4.28. The fourth-order valence-corrected chi connectivity index (χ4v) is 4.59. The van der Waals surface area contributed by atoms with Crippen molar-refractivity contribution in [3.8, 4) is 0 Å².